The Balaban J connectivity index is 2.65. The number of hydrogen-bond acceptors (Lipinski definition) is 1. The van der Waals surface area contributed by atoms with Crippen molar-refractivity contribution in [3.05, 3.63) is 36.0 Å². The third-order valence-corrected chi connectivity index (χ3v) is 1.81. The van der Waals surface area contributed by atoms with E-state index in [-0.39, 0.29) is 11.7 Å². The molecule has 66 valence electrons. The molecule has 0 saturated carbocycles. The van der Waals surface area contributed by atoms with Crippen LogP contribution >= 0.6 is 0 Å². The first-order valence-corrected chi connectivity index (χ1v) is 4.09. The Hall–Kier alpha value is -1.05. The van der Waals surface area contributed by atoms with E-state index in [0.717, 1.165) is 17.8 Å². The van der Waals surface area contributed by atoms with Gasteiger partial charge in [-0.15, -0.1) is 0 Å². The molecule has 1 unspecified atom stereocenters. The fourth-order valence-electron chi connectivity index (χ4n) is 1.10. The lowest BCUT2D eigenvalue weighted by atomic mass is 10.0. The van der Waals surface area contributed by atoms with Crippen molar-refractivity contribution in [2.75, 3.05) is 0 Å². The van der Waals surface area contributed by atoms with E-state index >= 15 is 0 Å². The van der Waals surface area contributed by atoms with Gasteiger partial charge in [0.15, 0.2) is 0 Å². The van der Waals surface area contributed by atoms with Crippen LogP contribution in [0.3, 0.4) is 0 Å². The van der Waals surface area contributed by atoms with E-state index in [1.54, 1.807) is 0 Å². The average Bonchev–Trinajstić information content (AvgIpc) is 1.96. The summed E-state index contributed by atoms with van der Waals surface area (Å²) in [6.45, 7) is 7.42. The van der Waals surface area contributed by atoms with Crippen LogP contribution in [0.25, 0.3) is 0 Å². The van der Waals surface area contributed by atoms with Gasteiger partial charge in [-0.2, -0.15) is 0 Å². The van der Waals surface area contributed by atoms with E-state index < -0.39 is 0 Å². The molecule has 1 nitrogen and oxygen atoms in total. The summed E-state index contributed by atoms with van der Waals surface area (Å²) in [5.74, 6) is -0.0260. The fourth-order valence-corrected chi connectivity index (χ4v) is 1.10. The minimum absolute atomic E-state index is 0.0284. The normalized spacial score (nSPS) is 22.8. The first kappa shape index (κ1) is 9.04. The first-order chi connectivity index (χ1) is 5.59. The fraction of sp³-hybridized carbons (Fsp3) is 0.400. The maximum absolute atomic E-state index is 13.0. The van der Waals surface area contributed by atoms with E-state index in [1.165, 1.54) is 6.08 Å². The molecule has 1 rings (SSSR count). The molecule has 0 aromatic rings. The molecule has 2 heteroatoms. The third-order valence-electron chi connectivity index (χ3n) is 1.81. The molecule has 0 aliphatic heterocycles. The standard InChI is InChI=1S/C10H14FN/c1-7(2)12-9-5-4-8(3)10(11)6-9/h5-6,8,12H,1,4H2,2-3H3. The molecule has 1 atom stereocenters. The third kappa shape index (κ3) is 2.22. The summed E-state index contributed by atoms with van der Waals surface area (Å²) in [4.78, 5) is 0. The molecule has 0 bridgehead atoms. The SMILES string of the molecule is C=C(C)NC1=CCC(C)C(F)=C1. The molecular formula is C10H14FN. The smallest absolute Gasteiger partial charge is 0.105 e. The van der Waals surface area contributed by atoms with Crippen molar-refractivity contribution in [3.63, 3.8) is 0 Å². The van der Waals surface area contributed by atoms with Crippen LogP contribution in [0.1, 0.15) is 20.3 Å². The van der Waals surface area contributed by atoms with Crippen molar-refractivity contribution in [3.8, 4) is 0 Å². The molecule has 12 heavy (non-hydrogen) atoms. The average molecular weight is 167 g/mol. The molecule has 0 fully saturated rings. The second-order valence-corrected chi connectivity index (χ2v) is 3.23. The topological polar surface area (TPSA) is 12.0 Å². The van der Waals surface area contributed by atoms with E-state index in [9.17, 15) is 4.39 Å². The monoisotopic (exact) mass is 167 g/mol. The molecule has 0 radical (unpaired) electrons. The van der Waals surface area contributed by atoms with Gasteiger partial charge in [0.25, 0.3) is 0 Å². The molecule has 1 aliphatic rings. The van der Waals surface area contributed by atoms with Crippen LogP contribution < -0.4 is 5.32 Å². The molecule has 0 aromatic heterocycles. The molecule has 0 saturated heterocycles. The predicted octanol–water partition coefficient (Wildman–Crippen LogP) is 2.89. The predicted molar refractivity (Wildman–Crippen MR) is 49.0 cm³/mol. The Bertz CT molecular complexity index is 251. The highest BCUT2D eigenvalue weighted by Gasteiger charge is 2.12. The number of allylic oxidation sites excluding steroid dienone is 4. The van der Waals surface area contributed by atoms with E-state index in [4.69, 9.17) is 0 Å². The van der Waals surface area contributed by atoms with Crippen LogP contribution in [0.4, 0.5) is 4.39 Å². The van der Waals surface area contributed by atoms with Crippen LogP contribution in [-0.2, 0) is 0 Å². The van der Waals surface area contributed by atoms with Crippen molar-refractivity contribution in [1.82, 2.24) is 5.32 Å². The summed E-state index contributed by atoms with van der Waals surface area (Å²) in [5.41, 5.74) is 1.65. The van der Waals surface area contributed by atoms with Crippen molar-refractivity contribution < 1.29 is 4.39 Å². The van der Waals surface area contributed by atoms with Gasteiger partial charge < -0.3 is 5.32 Å². The molecule has 0 heterocycles. The maximum Gasteiger partial charge on any atom is 0.105 e. The van der Waals surface area contributed by atoms with E-state index in [2.05, 4.69) is 11.9 Å². The number of nitrogens with one attached hydrogen (secondary N) is 1. The van der Waals surface area contributed by atoms with Gasteiger partial charge in [0.2, 0.25) is 0 Å². The van der Waals surface area contributed by atoms with E-state index in [0.29, 0.717) is 0 Å². The van der Waals surface area contributed by atoms with Crippen molar-refractivity contribution in [1.29, 1.82) is 0 Å². The Labute approximate surface area is 72.7 Å². The Morgan fingerprint density at radius 2 is 2.42 bits per heavy atom. The van der Waals surface area contributed by atoms with Crippen LogP contribution in [0.2, 0.25) is 0 Å². The van der Waals surface area contributed by atoms with Crippen LogP contribution in [-0.4, -0.2) is 0 Å². The Kier molecular flexibility index (Phi) is 2.69. The van der Waals surface area contributed by atoms with Gasteiger partial charge in [-0.25, -0.2) is 4.39 Å². The van der Waals surface area contributed by atoms with Gasteiger partial charge in [-0.1, -0.05) is 19.6 Å². The number of hydrogen-bond donors (Lipinski definition) is 1. The zero-order chi connectivity index (χ0) is 9.14. The second-order valence-electron chi connectivity index (χ2n) is 3.23. The molecular weight excluding hydrogens is 153 g/mol. The van der Waals surface area contributed by atoms with Crippen LogP contribution in [0.15, 0.2) is 36.0 Å². The molecule has 0 amide bonds. The summed E-state index contributed by atoms with van der Waals surface area (Å²) in [7, 11) is 0. The maximum atomic E-state index is 13.0. The number of halogens is 1. The van der Waals surface area contributed by atoms with Crippen molar-refractivity contribution >= 4 is 0 Å². The summed E-state index contributed by atoms with van der Waals surface area (Å²) in [6, 6.07) is 0. The zero-order valence-electron chi connectivity index (χ0n) is 7.52. The molecule has 0 aromatic carbocycles. The summed E-state index contributed by atoms with van der Waals surface area (Å²) in [6.07, 6.45) is 4.28. The van der Waals surface area contributed by atoms with Gasteiger partial charge >= 0.3 is 0 Å². The van der Waals surface area contributed by atoms with Crippen LogP contribution in [0.5, 0.6) is 0 Å². The van der Waals surface area contributed by atoms with Gasteiger partial charge in [-0.3, -0.25) is 0 Å². The van der Waals surface area contributed by atoms with Gasteiger partial charge in [0.1, 0.15) is 5.83 Å². The highest BCUT2D eigenvalue weighted by Crippen LogP contribution is 2.23. The largest absolute Gasteiger partial charge is 0.360 e. The minimum Gasteiger partial charge on any atom is -0.360 e. The first-order valence-electron chi connectivity index (χ1n) is 4.09. The van der Waals surface area contributed by atoms with Gasteiger partial charge in [0.05, 0.1) is 0 Å². The summed E-state index contributed by atoms with van der Waals surface area (Å²) < 4.78 is 13.0. The zero-order valence-corrected chi connectivity index (χ0v) is 7.52. The summed E-state index contributed by atoms with van der Waals surface area (Å²) >= 11 is 0. The van der Waals surface area contributed by atoms with Gasteiger partial charge in [-0.05, 0) is 19.4 Å². The number of rotatable bonds is 2. The summed E-state index contributed by atoms with van der Waals surface area (Å²) in [5, 5.41) is 2.98. The van der Waals surface area contributed by atoms with E-state index in [1.807, 2.05) is 19.9 Å². The van der Waals surface area contributed by atoms with Crippen LogP contribution in [0, 0.1) is 5.92 Å². The second kappa shape index (κ2) is 3.57. The van der Waals surface area contributed by atoms with Gasteiger partial charge in [0, 0.05) is 17.3 Å². The minimum atomic E-state index is -0.0544. The molecule has 1 N–H and O–H groups in total. The molecule has 0 spiro atoms. The highest BCUT2D eigenvalue weighted by molar-refractivity contribution is 5.27. The Morgan fingerprint density at radius 1 is 1.75 bits per heavy atom. The lowest BCUT2D eigenvalue weighted by molar-refractivity contribution is 0.486. The lowest BCUT2D eigenvalue weighted by Crippen LogP contribution is -2.12. The Morgan fingerprint density at radius 3 is 2.92 bits per heavy atom. The lowest BCUT2D eigenvalue weighted by Gasteiger charge is -2.15. The highest BCUT2D eigenvalue weighted by atomic mass is 19.1. The van der Waals surface area contributed by atoms with Crippen molar-refractivity contribution in [2.45, 2.75) is 20.3 Å². The molecule has 1 aliphatic carbocycles. The quantitative estimate of drug-likeness (QED) is 0.666. The van der Waals surface area contributed by atoms with Crippen molar-refractivity contribution in [2.24, 2.45) is 5.92 Å².